The zero-order chi connectivity index (χ0) is 13.1. The van der Waals surface area contributed by atoms with Gasteiger partial charge in [-0.15, -0.1) is 0 Å². The van der Waals surface area contributed by atoms with Crippen molar-refractivity contribution in [2.75, 3.05) is 19.5 Å². The smallest absolute Gasteiger partial charge is 0.160 e. The van der Waals surface area contributed by atoms with Gasteiger partial charge in [0.15, 0.2) is 5.82 Å². The lowest BCUT2D eigenvalue weighted by Gasteiger charge is -2.17. The molecule has 1 aromatic heterocycles. The van der Waals surface area contributed by atoms with Crippen LogP contribution in [0.4, 0.5) is 5.82 Å². The van der Waals surface area contributed by atoms with Crippen molar-refractivity contribution in [3.63, 3.8) is 0 Å². The molecule has 5 nitrogen and oxygen atoms in total. The van der Waals surface area contributed by atoms with Crippen molar-refractivity contribution < 1.29 is 9.47 Å². The molecular formula is C12H18BrN3O2. The number of nitrogen functional groups attached to an aromatic ring is 1. The van der Waals surface area contributed by atoms with Gasteiger partial charge in [0.05, 0.1) is 16.8 Å². The summed E-state index contributed by atoms with van der Waals surface area (Å²) >= 11 is 3.39. The molecule has 0 spiro atoms. The van der Waals surface area contributed by atoms with Crippen LogP contribution in [-0.2, 0) is 16.1 Å². The molecule has 0 aromatic carbocycles. The van der Waals surface area contributed by atoms with Crippen LogP contribution in [0, 0.1) is 5.92 Å². The van der Waals surface area contributed by atoms with E-state index >= 15 is 0 Å². The topological polar surface area (TPSA) is 70.3 Å². The summed E-state index contributed by atoms with van der Waals surface area (Å²) < 4.78 is 11.6. The summed E-state index contributed by atoms with van der Waals surface area (Å²) in [6.45, 7) is 3.04. The number of hydrogen-bond acceptors (Lipinski definition) is 5. The summed E-state index contributed by atoms with van der Waals surface area (Å²) in [6.07, 6.45) is 2.30. The minimum atomic E-state index is -0.0407. The second-order valence-electron chi connectivity index (χ2n) is 4.37. The zero-order valence-corrected chi connectivity index (χ0v) is 12.2. The summed E-state index contributed by atoms with van der Waals surface area (Å²) in [5.41, 5.74) is 6.67. The molecule has 0 saturated heterocycles. The van der Waals surface area contributed by atoms with E-state index in [0.29, 0.717) is 35.2 Å². The lowest BCUT2D eigenvalue weighted by atomic mass is 10.2. The maximum atomic E-state index is 5.90. The summed E-state index contributed by atoms with van der Waals surface area (Å²) in [7, 11) is 1.63. The molecule has 1 fully saturated rings. The van der Waals surface area contributed by atoms with Crippen molar-refractivity contribution >= 4 is 21.7 Å². The summed E-state index contributed by atoms with van der Waals surface area (Å²) in [6, 6.07) is 0. The van der Waals surface area contributed by atoms with Gasteiger partial charge in [-0.2, -0.15) is 0 Å². The van der Waals surface area contributed by atoms with Crippen LogP contribution in [0.3, 0.4) is 0 Å². The predicted molar refractivity (Wildman–Crippen MR) is 71.9 cm³/mol. The Balaban J connectivity index is 2.30. The van der Waals surface area contributed by atoms with Crippen LogP contribution in [0.25, 0.3) is 0 Å². The van der Waals surface area contributed by atoms with Gasteiger partial charge in [0.1, 0.15) is 11.9 Å². The largest absolute Gasteiger partial charge is 0.383 e. The van der Waals surface area contributed by atoms with E-state index in [1.807, 2.05) is 6.92 Å². The second kappa shape index (κ2) is 5.95. The van der Waals surface area contributed by atoms with Crippen LogP contribution in [0.5, 0.6) is 0 Å². The van der Waals surface area contributed by atoms with E-state index in [9.17, 15) is 0 Å². The third-order valence-corrected chi connectivity index (χ3v) is 3.76. The van der Waals surface area contributed by atoms with Gasteiger partial charge in [0, 0.05) is 13.7 Å². The molecular weight excluding hydrogens is 298 g/mol. The van der Waals surface area contributed by atoms with Gasteiger partial charge in [-0.1, -0.05) is 0 Å². The van der Waals surface area contributed by atoms with Crippen LogP contribution in [0.2, 0.25) is 0 Å². The molecule has 6 heteroatoms. The number of halogens is 1. The Kier molecular flexibility index (Phi) is 4.53. The van der Waals surface area contributed by atoms with E-state index < -0.39 is 0 Å². The standard InChI is InChI=1S/C12H18BrN3O2/c1-3-18-10(7-4-5-7)12-15-8(6-17-2)9(13)11(14)16-12/h7,10H,3-6H2,1-2H3,(H2,14,15,16). The SMILES string of the molecule is CCOC(c1nc(N)c(Br)c(COC)n1)C1CC1. The molecule has 1 aliphatic carbocycles. The van der Waals surface area contributed by atoms with Gasteiger partial charge in [0.25, 0.3) is 0 Å². The molecule has 2 N–H and O–H groups in total. The Hall–Kier alpha value is -0.720. The molecule has 2 rings (SSSR count). The van der Waals surface area contributed by atoms with E-state index in [1.165, 1.54) is 12.8 Å². The van der Waals surface area contributed by atoms with Crippen LogP contribution < -0.4 is 5.73 Å². The normalized spacial score (nSPS) is 16.8. The number of aromatic nitrogens is 2. The maximum Gasteiger partial charge on any atom is 0.160 e. The number of ether oxygens (including phenoxy) is 2. The average molecular weight is 316 g/mol. The highest BCUT2D eigenvalue weighted by Crippen LogP contribution is 2.42. The monoisotopic (exact) mass is 315 g/mol. The van der Waals surface area contributed by atoms with Crippen molar-refractivity contribution in [3.05, 3.63) is 16.0 Å². The number of anilines is 1. The minimum absolute atomic E-state index is 0.0407. The molecule has 1 atom stereocenters. The Labute approximate surface area is 115 Å². The van der Waals surface area contributed by atoms with Crippen molar-refractivity contribution in [2.24, 2.45) is 5.92 Å². The number of rotatable bonds is 6. The Bertz CT molecular complexity index is 424. The third-order valence-electron chi connectivity index (χ3n) is 2.89. The summed E-state index contributed by atoms with van der Waals surface area (Å²) in [5.74, 6) is 1.64. The molecule has 18 heavy (non-hydrogen) atoms. The summed E-state index contributed by atoms with van der Waals surface area (Å²) in [5, 5.41) is 0. The summed E-state index contributed by atoms with van der Waals surface area (Å²) in [4.78, 5) is 8.85. The van der Waals surface area contributed by atoms with Crippen molar-refractivity contribution in [2.45, 2.75) is 32.5 Å². The number of hydrogen-bond donors (Lipinski definition) is 1. The van der Waals surface area contributed by atoms with E-state index in [0.717, 1.165) is 5.69 Å². The predicted octanol–water partition coefficient (Wildman–Crippen LogP) is 2.46. The zero-order valence-electron chi connectivity index (χ0n) is 10.6. The van der Waals surface area contributed by atoms with Gasteiger partial charge >= 0.3 is 0 Å². The van der Waals surface area contributed by atoms with E-state index in [1.54, 1.807) is 7.11 Å². The van der Waals surface area contributed by atoms with Crippen molar-refractivity contribution in [1.82, 2.24) is 9.97 Å². The number of methoxy groups -OCH3 is 1. The van der Waals surface area contributed by atoms with Crippen LogP contribution >= 0.6 is 15.9 Å². The van der Waals surface area contributed by atoms with Gasteiger partial charge in [-0.05, 0) is 41.6 Å². The quantitative estimate of drug-likeness (QED) is 0.873. The molecule has 1 aromatic rings. The molecule has 1 heterocycles. The van der Waals surface area contributed by atoms with E-state index in [2.05, 4.69) is 25.9 Å². The molecule has 0 bridgehead atoms. The molecule has 0 radical (unpaired) electrons. The first-order valence-electron chi connectivity index (χ1n) is 6.09. The highest BCUT2D eigenvalue weighted by molar-refractivity contribution is 9.10. The van der Waals surface area contributed by atoms with E-state index in [-0.39, 0.29) is 6.10 Å². The molecule has 0 aliphatic heterocycles. The Morgan fingerprint density at radius 1 is 1.44 bits per heavy atom. The average Bonchev–Trinajstić information content (AvgIpc) is 3.16. The Morgan fingerprint density at radius 2 is 2.17 bits per heavy atom. The first-order chi connectivity index (χ1) is 8.67. The Morgan fingerprint density at radius 3 is 2.72 bits per heavy atom. The first-order valence-corrected chi connectivity index (χ1v) is 6.89. The van der Waals surface area contributed by atoms with Gasteiger partial charge in [-0.25, -0.2) is 9.97 Å². The second-order valence-corrected chi connectivity index (χ2v) is 5.17. The number of nitrogens with zero attached hydrogens (tertiary/aromatic N) is 2. The third kappa shape index (κ3) is 2.99. The highest BCUT2D eigenvalue weighted by atomic mass is 79.9. The van der Waals surface area contributed by atoms with Crippen LogP contribution in [0.1, 0.15) is 37.4 Å². The lowest BCUT2D eigenvalue weighted by Crippen LogP contribution is -2.14. The maximum absolute atomic E-state index is 5.90. The molecule has 100 valence electrons. The molecule has 1 saturated carbocycles. The van der Waals surface area contributed by atoms with Crippen molar-refractivity contribution in [1.29, 1.82) is 0 Å². The van der Waals surface area contributed by atoms with E-state index in [4.69, 9.17) is 15.2 Å². The highest BCUT2D eigenvalue weighted by Gasteiger charge is 2.35. The fourth-order valence-electron chi connectivity index (χ4n) is 1.89. The van der Waals surface area contributed by atoms with Crippen LogP contribution in [-0.4, -0.2) is 23.7 Å². The number of nitrogens with two attached hydrogens (primary N) is 1. The van der Waals surface area contributed by atoms with Crippen molar-refractivity contribution in [3.8, 4) is 0 Å². The molecule has 0 amide bonds. The minimum Gasteiger partial charge on any atom is -0.383 e. The van der Waals surface area contributed by atoms with Gasteiger partial charge < -0.3 is 15.2 Å². The molecule has 1 unspecified atom stereocenters. The lowest BCUT2D eigenvalue weighted by molar-refractivity contribution is 0.0396. The van der Waals surface area contributed by atoms with Crippen LogP contribution in [0.15, 0.2) is 4.47 Å². The molecule has 1 aliphatic rings. The fraction of sp³-hybridized carbons (Fsp3) is 0.667. The fourth-order valence-corrected chi connectivity index (χ4v) is 2.18. The van der Waals surface area contributed by atoms with Gasteiger partial charge in [-0.3, -0.25) is 0 Å². The van der Waals surface area contributed by atoms with Gasteiger partial charge in [0.2, 0.25) is 0 Å². The first kappa shape index (κ1) is 13.7.